The number of carboxylic acids is 1. The molecule has 9 heteroatoms. The molecule has 0 radical (unpaired) electrons. The van der Waals surface area contributed by atoms with Crippen molar-refractivity contribution in [1.82, 2.24) is 10.6 Å². The Bertz CT molecular complexity index is 365. The number of rotatable bonds is 5. The average Bonchev–Trinajstić information content (AvgIpc) is 2.38. The summed E-state index contributed by atoms with van der Waals surface area (Å²) in [4.78, 5) is 22.1. The topological polar surface area (TPSA) is 159 Å². The molecule has 0 spiro atoms. The normalized spacial score (nSPS) is 33.2. The smallest absolute Gasteiger partial charge is 0.320 e. The Morgan fingerprint density at radius 2 is 2.00 bits per heavy atom. The molecule has 1 fully saturated rings. The molecule has 1 saturated heterocycles. The number of carbonyl (C=O) groups excluding carboxylic acids is 1. The van der Waals surface area contributed by atoms with Gasteiger partial charge in [-0.25, -0.2) is 0 Å². The Kier molecular flexibility index (Phi) is 5.84. The first kappa shape index (κ1) is 16.8. The van der Waals surface area contributed by atoms with E-state index in [9.17, 15) is 24.9 Å². The van der Waals surface area contributed by atoms with Gasteiger partial charge in [-0.2, -0.15) is 0 Å². The van der Waals surface area contributed by atoms with Crippen LogP contribution in [0.4, 0.5) is 0 Å². The molecule has 7 N–H and O–H groups in total. The van der Waals surface area contributed by atoms with Gasteiger partial charge in [0.25, 0.3) is 0 Å². The number of amides is 1. The molecule has 0 aromatic heterocycles. The minimum absolute atomic E-state index is 0.154. The zero-order valence-electron chi connectivity index (χ0n) is 10.9. The van der Waals surface area contributed by atoms with Gasteiger partial charge >= 0.3 is 5.97 Å². The van der Waals surface area contributed by atoms with Gasteiger partial charge in [0.05, 0.1) is 30.9 Å². The minimum atomic E-state index is -1.55. The Labute approximate surface area is 115 Å². The molecular weight excluding hydrogens is 272 g/mol. The Balaban J connectivity index is 2.94. The van der Waals surface area contributed by atoms with E-state index in [0.717, 1.165) is 0 Å². The van der Waals surface area contributed by atoms with Crippen LogP contribution in [0, 0.1) is 0 Å². The first-order valence-corrected chi connectivity index (χ1v) is 6.19. The van der Waals surface area contributed by atoms with Gasteiger partial charge in [0.15, 0.2) is 0 Å². The van der Waals surface area contributed by atoms with Crippen LogP contribution in [0.1, 0.15) is 13.3 Å². The summed E-state index contributed by atoms with van der Waals surface area (Å²) in [7, 11) is 0. The number of aliphatic hydroxyl groups excluding tert-OH is 4. The standard InChI is InChI=1S/C11H20N2O7/c1-4(15)12-8-6(16)2-5(11(19)20)13-9(8)10(18)7(17)3-14/h5-10,13-14,16-18H,2-3H2,1H3,(H,12,15)(H,19,20)/t5-,6+,7-,8-,9-,10-/m1/s1. The highest BCUT2D eigenvalue weighted by Gasteiger charge is 2.44. The number of carbonyl (C=O) groups is 2. The second-order valence-corrected chi connectivity index (χ2v) is 4.85. The van der Waals surface area contributed by atoms with E-state index in [1.54, 1.807) is 0 Å². The number of hydrogen-bond donors (Lipinski definition) is 7. The van der Waals surface area contributed by atoms with Crippen molar-refractivity contribution in [2.75, 3.05) is 6.61 Å². The summed E-state index contributed by atoms with van der Waals surface area (Å²) in [6, 6.07) is -3.20. The van der Waals surface area contributed by atoms with Crippen molar-refractivity contribution >= 4 is 11.9 Å². The monoisotopic (exact) mass is 292 g/mol. The summed E-state index contributed by atoms with van der Waals surface area (Å²) in [6.07, 6.45) is -4.43. The number of nitrogens with one attached hydrogen (secondary N) is 2. The third kappa shape index (κ3) is 3.87. The fourth-order valence-corrected chi connectivity index (χ4v) is 2.28. The van der Waals surface area contributed by atoms with Crippen LogP contribution in [-0.4, -0.2) is 80.5 Å². The van der Waals surface area contributed by atoms with E-state index in [0.29, 0.717) is 0 Å². The lowest BCUT2D eigenvalue weighted by Gasteiger charge is -2.42. The van der Waals surface area contributed by atoms with Crippen LogP contribution in [0.3, 0.4) is 0 Å². The van der Waals surface area contributed by atoms with Crippen molar-refractivity contribution in [3.05, 3.63) is 0 Å². The SMILES string of the molecule is CC(=O)N[C@H]1[C@H]([C@H](O)[C@H](O)CO)N[C@@H](C(=O)O)C[C@@H]1O. The van der Waals surface area contributed by atoms with E-state index in [2.05, 4.69) is 10.6 Å². The highest BCUT2D eigenvalue weighted by Crippen LogP contribution is 2.19. The summed E-state index contributed by atoms with van der Waals surface area (Å²) < 4.78 is 0. The number of piperidine rings is 1. The lowest BCUT2D eigenvalue weighted by molar-refractivity contribution is -0.144. The van der Waals surface area contributed by atoms with Gasteiger partial charge in [-0.05, 0) is 0 Å². The van der Waals surface area contributed by atoms with Gasteiger partial charge in [0.1, 0.15) is 12.1 Å². The molecule has 20 heavy (non-hydrogen) atoms. The van der Waals surface area contributed by atoms with Gasteiger partial charge in [-0.3, -0.25) is 14.9 Å². The third-order valence-corrected chi connectivity index (χ3v) is 3.29. The molecule has 0 aromatic carbocycles. The molecule has 1 aliphatic rings. The highest BCUT2D eigenvalue weighted by molar-refractivity contribution is 5.75. The fraction of sp³-hybridized carbons (Fsp3) is 0.818. The number of carboxylic acid groups (broad SMARTS) is 1. The van der Waals surface area contributed by atoms with E-state index in [1.807, 2.05) is 0 Å². The van der Waals surface area contributed by atoms with Gasteiger partial charge in [-0.15, -0.1) is 0 Å². The maximum Gasteiger partial charge on any atom is 0.320 e. The van der Waals surface area contributed by atoms with Crippen molar-refractivity contribution in [3.63, 3.8) is 0 Å². The molecule has 1 rings (SSSR count). The van der Waals surface area contributed by atoms with Crippen molar-refractivity contribution in [2.24, 2.45) is 0 Å². The molecule has 116 valence electrons. The summed E-state index contributed by atoms with van der Waals surface area (Å²) in [5.41, 5.74) is 0. The van der Waals surface area contributed by atoms with Crippen molar-refractivity contribution in [1.29, 1.82) is 0 Å². The second kappa shape index (κ2) is 6.95. The van der Waals surface area contributed by atoms with Crippen LogP contribution in [0.2, 0.25) is 0 Å². The largest absolute Gasteiger partial charge is 0.480 e. The Morgan fingerprint density at radius 3 is 2.45 bits per heavy atom. The van der Waals surface area contributed by atoms with E-state index in [-0.39, 0.29) is 6.42 Å². The second-order valence-electron chi connectivity index (χ2n) is 4.85. The summed E-state index contributed by atoms with van der Waals surface area (Å²) in [5, 5.41) is 52.1. The molecule has 1 heterocycles. The minimum Gasteiger partial charge on any atom is -0.480 e. The van der Waals surface area contributed by atoms with Crippen LogP contribution in [-0.2, 0) is 9.59 Å². The number of aliphatic hydroxyl groups is 4. The maximum absolute atomic E-state index is 11.1. The van der Waals surface area contributed by atoms with Gasteiger partial charge < -0.3 is 30.8 Å². The lowest BCUT2D eigenvalue weighted by atomic mass is 9.86. The highest BCUT2D eigenvalue weighted by atomic mass is 16.4. The molecule has 0 unspecified atom stereocenters. The van der Waals surface area contributed by atoms with Crippen LogP contribution in [0.15, 0.2) is 0 Å². The van der Waals surface area contributed by atoms with Crippen molar-refractivity contribution in [2.45, 2.75) is 49.8 Å². The predicted octanol–water partition coefficient (Wildman–Crippen LogP) is -3.62. The van der Waals surface area contributed by atoms with Crippen LogP contribution < -0.4 is 10.6 Å². The summed E-state index contributed by atoms with van der Waals surface area (Å²) in [5.74, 6) is -1.69. The van der Waals surface area contributed by atoms with Crippen molar-refractivity contribution in [3.8, 4) is 0 Å². The number of hydrogen-bond acceptors (Lipinski definition) is 7. The average molecular weight is 292 g/mol. The Morgan fingerprint density at radius 1 is 1.40 bits per heavy atom. The molecule has 6 atom stereocenters. The fourth-order valence-electron chi connectivity index (χ4n) is 2.28. The van der Waals surface area contributed by atoms with E-state index in [1.165, 1.54) is 6.92 Å². The van der Waals surface area contributed by atoms with Crippen LogP contribution >= 0.6 is 0 Å². The lowest BCUT2D eigenvalue weighted by Crippen LogP contribution is -2.69. The Hall–Kier alpha value is -1.26. The zero-order chi connectivity index (χ0) is 15.4. The molecule has 0 saturated carbocycles. The summed E-state index contributed by atoms with van der Waals surface area (Å²) in [6.45, 7) is 0.474. The van der Waals surface area contributed by atoms with E-state index in [4.69, 9.17) is 10.2 Å². The van der Waals surface area contributed by atoms with Gasteiger partial charge in [-0.1, -0.05) is 0 Å². The van der Waals surface area contributed by atoms with Gasteiger partial charge in [0, 0.05) is 13.3 Å². The molecular formula is C11H20N2O7. The molecule has 1 amide bonds. The third-order valence-electron chi connectivity index (χ3n) is 3.29. The van der Waals surface area contributed by atoms with Crippen LogP contribution in [0.25, 0.3) is 0 Å². The summed E-state index contributed by atoms with van der Waals surface area (Å²) >= 11 is 0. The number of aliphatic carboxylic acids is 1. The molecule has 0 aromatic rings. The molecule has 0 bridgehead atoms. The first-order valence-electron chi connectivity index (χ1n) is 6.19. The molecule has 9 nitrogen and oxygen atoms in total. The van der Waals surface area contributed by atoms with E-state index < -0.39 is 54.9 Å². The van der Waals surface area contributed by atoms with Crippen LogP contribution in [0.5, 0.6) is 0 Å². The van der Waals surface area contributed by atoms with Gasteiger partial charge in [0.2, 0.25) is 5.91 Å². The first-order chi connectivity index (χ1) is 9.27. The predicted molar refractivity (Wildman–Crippen MR) is 65.7 cm³/mol. The van der Waals surface area contributed by atoms with E-state index >= 15 is 0 Å². The quantitative estimate of drug-likeness (QED) is 0.273. The molecule has 0 aliphatic carbocycles. The van der Waals surface area contributed by atoms with Crippen molar-refractivity contribution < 1.29 is 35.1 Å². The zero-order valence-corrected chi connectivity index (χ0v) is 10.9. The maximum atomic E-state index is 11.1. The molecule has 1 aliphatic heterocycles.